The lowest BCUT2D eigenvalue weighted by molar-refractivity contribution is 0.0719. The molecule has 0 N–H and O–H groups in total. The Morgan fingerprint density at radius 1 is 1.03 bits per heavy atom. The lowest BCUT2D eigenvalue weighted by Gasteiger charge is -2.30. The molecule has 2 aliphatic heterocycles. The van der Waals surface area contributed by atoms with Gasteiger partial charge in [-0.25, -0.2) is 4.98 Å². The highest BCUT2D eigenvalue weighted by Crippen LogP contribution is 2.46. The van der Waals surface area contributed by atoms with E-state index in [0.717, 1.165) is 35.2 Å². The Bertz CT molecular complexity index is 1020. The van der Waals surface area contributed by atoms with E-state index >= 15 is 0 Å². The second kappa shape index (κ2) is 7.26. The molecule has 1 aromatic carbocycles. The number of hydrogen-bond donors (Lipinski definition) is 0. The monoisotopic (exact) mass is 404 g/mol. The highest BCUT2D eigenvalue weighted by atomic mass is 32.1. The van der Waals surface area contributed by atoms with Gasteiger partial charge in [0.1, 0.15) is 4.88 Å². The zero-order valence-electron chi connectivity index (χ0n) is 16.7. The summed E-state index contributed by atoms with van der Waals surface area (Å²) in [4.78, 5) is 27.5. The van der Waals surface area contributed by atoms with Crippen LogP contribution in [0.5, 0.6) is 0 Å². The number of fused-ring (bicyclic) bond motifs is 1. The summed E-state index contributed by atoms with van der Waals surface area (Å²) in [5.41, 5.74) is 3.29. The van der Waals surface area contributed by atoms with Gasteiger partial charge >= 0.3 is 0 Å². The van der Waals surface area contributed by atoms with Crippen molar-refractivity contribution in [3.8, 4) is 0 Å². The van der Waals surface area contributed by atoms with Crippen LogP contribution in [0.2, 0.25) is 0 Å². The fourth-order valence-corrected chi connectivity index (χ4v) is 5.83. The molecule has 2 fully saturated rings. The van der Waals surface area contributed by atoms with Crippen LogP contribution in [0, 0.1) is 25.7 Å². The van der Waals surface area contributed by atoms with Crippen LogP contribution in [0.4, 0.5) is 5.69 Å². The summed E-state index contributed by atoms with van der Waals surface area (Å²) in [7, 11) is 0. The summed E-state index contributed by atoms with van der Waals surface area (Å²) in [5, 5.41) is 0.949. The standard InChI is InChI=1S/C23H24N4OS/c1-15-22(29-16(2)25-15)23(28)27-13-18-12-26(19-8-10-24-11-9-19)14-20(18)21(27)17-6-4-3-5-7-17/h3-11,18,20-21H,12-14H2,1-2H3/t18-,20-,21+/m0/s1. The van der Waals surface area contributed by atoms with Crippen molar-refractivity contribution in [2.24, 2.45) is 11.8 Å². The van der Waals surface area contributed by atoms with Gasteiger partial charge in [-0.3, -0.25) is 9.78 Å². The molecule has 2 aliphatic rings. The Morgan fingerprint density at radius 3 is 2.48 bits per heavy atom. The summed E-state index contributed by atoms with van der Waals surface area (Å²) in [5.74, 6) is 1.02. The van der Waals surface area contributed by atoms with Crippen molar-refractivity contribution in [3.63, 3.8) is 0 Å². The maximum atomic E-state index is 13.5. The van der Waals surface area contributed by atoms with E-state index in [1.165, 1.54) is 22.6 Å². The van der Waals surface area contributed by atoms with Crippen molar-refractivity contribution in [1.29, 1.82) is 0 Å². The summed E-state index contributed by atoms with van der Waals surface area (Å²) < 4.78 is 0. The molecule has 1 amide bonds. The van der Waals surface area contributed by atoms with Crippen molar-refractivity contribution in [1.82, 2.24) is 14.9 Å². The lowest BCUT2D eigenvalue weighted by Crippen LogP contribution is -2.35. The highest BCUT2D eigenvalue weighted by Gasteiger charge is 2.49. The first-order valence-electron chi connectivity index (χ1n) is 10.1. The van der Waals surface area contributed by atoms with Gasteiger partial charge < -0.3 is 9.80 Å². The van der Waals surface area contributed by atoms with Crippen molar-refractivity contribution in [2.75, 3.05) is 24.5 Å². The van der Waals surface area contributed by atoms with Gasteiger partial charge in [0.2, 0.25) is 0 Å². The number of anilines is 1. The number of amides is 1. The van der Waals surface area contributed by atoms with Crippen LogP contribution in [-0.2, 0) is 0 Å². The second-order valence-electron chi connectivity index (χ2n) is 7.99. The number of pyridine rings is 1. The molecule has 3 atom stereocenters. The molecular formula is C23H24N4OS. The van der Waals surface area contributed by atoms with Crippen LogP contribution < -0.4 is 4.90 Å². The molecule has 0 unspecified atom stereocenters. The molecule has 0 spiro atoms. The first-order chi connectivity index (χ1) is 14.1. The van der Waals surface area contributed by atoms with Crippen LogP contribution >= 0.6 is 11.3 Å². The Labute approximate surface area is 175 Å². The molecule has 0 aliphatic carbocycles. The molecule has 6 heteroatoms. The zero-order chi connectivity index (χ0) is 20.0. The molecule has 0 bridgehead atoms. The third kappa shape index (κ3) is 3.21. The average molecular weight is 405 g/mol. The SMILES string of the molecule is Cc1nc(C)c(C(=O)N2C[C@@H]3CN(c4ccncc4)C[C@@H]3[C@H]2c2ccccc2)s1. The third-order valence-corrected chi connectivity index (χ3v) is 7.25. The molecule has 5 rings (SSSR count). The fraction of sp³-hybridized carbons (Fsp3) is 0.348. The molecule has 3 aromatic rings. The van der Waals surface area contributed by atoms with E-state index < -0.39 is 0 Å². The van der Waals surface area contributed by atoms with Gasteiger partial charge in [0.05, 0.1) is 16.7 Å². The minimum atomic E-state index is 0.0994. The predicted octanol–water partition coefficient (Wildman–Crippen LogP) is 4.10. The molecule has 29 heavy (non-hydrogen) atoms. The number of carbonyl (C=O) groups is 1. The number of likely N-dealkylation sites (tertiary alicyclic amines) is 1. The van der Waals surface area contributed by atoms with Gasteiger partial charge in [0, 0.05) is 49.6 Å². The van der Waals surface area contributed by atoms with Crippen LogP contribution in [0.25, 0.3) is 0 Å². The van der Waals surface area contributed by atoms with Crippen molar-refractivity contribution < 1.29 is 4.79 Å². The fourth-order valence-electron chi connectivity index (χ4n) is 4.96. The van der Waals surface area contributed by atoms with E-state index in [1.807, 2.05) is 32.3 Å². The lowest BCUT2D eigenvalue weighted by atomic mass is 9.89. The molecule has 148 valence electrons. The molecule has 2 aromatic heterocycles. The topological polar surface area (TPSA) is 49.3 Å². The first kappa shape index (κ1) is 18.3. The van der Waals surface area contributed by atoms with E-state index in [9.17, 15) is 4.79 Å². The van der Waals surface area contributed by atoms with Gasteiger partial charge in [-0.2, -0.15) is 0 Å². The number of hydrogen-bond acceptors (Lipinski definition) is 5. The molecule has 0 radical (unpaired) electrons. The van der Waals surface area contributed by atoms with Gasteiger partial charge in [0.15, 0.2) is 0 Å². The maximum absolute atomic E-state index is 13.5. The maximum Gasteiger partial charge on any atom is 0.266 e. The van der Waals surface area contributed by atoms with E-state index in [2.05, 4.69) is 56.2 Å². The van der Waals surface area contributed by atoms with Crippen molar-refractivity contribution >= 4 is 22.9 Å². The molecule has 0 saturated carbocycles. The average Bonchev–Trinajstić information content (AvgIpc) is 3.40. The number of rotatable bonds is 3. The number of aromatic nitrogens is 2. The Hall–Kier alpha value is -2.73. The number of aryl methyl sites for hydroxylation is 2. The van der Waals surface area contributed by atoms with Crippen molar-refractivity contribution in [2.45, 2.75) is 19.9 Å². The molecule has 2 saturated heterocycles. The van der Waals surface area contributed by atoms with E-state index in [1.54, 1.807) is 0 Å². The number of thiazole rings is 1. The Kier molecular flexibility index (Phi) is 4.59. The van der Waals surface area contributed by atoms with Gasteiger partial charge in [-0.15, -0.1) is 11.3 Å². The number of carbonyl (C=O) groups excluding carboxylic acids is 1. The van der Waals surface area contributed by atoms with Gasteiger partial charge in [0.25, 0.3) is 5.91 Å². The third-order valence-electron chi connectivity index (χ3n) is 6.19. The van der Waals surface area contributed by atoms with Crippen LogP contribution in [-0.4, -0.2) is 40.4 Å². The van der Waals surface area contributed by atoms with E-state index in [4.69, 9.17) is 0 Å². The number of benzene rings is 1. The van der Waals surface area contributed by atoms with Crippen LogP contribution in [0.15, 0.2) is 54.9 Å². The smallest absolute Gasteiger partial charge is 0.266 e. The minimum absolute atomic E-state index is 0.0994. The normalized spacial score (nSPS) is 23.4. The summed E-state index contributed by atoms with van der Waals surface area (Å²) >= 11 is 1.51. The van der Waals surface area contributed by atoms with E-state index in [-0.39, 0.29) is 11.9 Å². The highest BCUT2D eigenvalue weighted by molar-refractivity contribution is 7.13. The quantitative estimate of drug-likeness (QED) is 0.659. The first-order valence-corrected chi connectivity index (χ1v) is 10.9. The second-order valence-corrected chi connectivity index (χ2v) is 9.20. The molecule has 4 heterocycles. The van der Waals surface area contributed by atoms with Crippen LogP contribution in [0.1, 0.15) is 32.0 Å². The summed E-state index contributed by atoms with van der Waals surface area (Å²) in [6.07, 6.45) is 3.70. The van der Waals surface area contributed by atoms with Gasteiger partial charge in [-0.1, -0.05) is 30.3 Å². The summed E-state index contributed by atoms with van der Waals surface area (Å²) in [6, 6.07) is 14.8. The predicted molar refractivity (Wildman–Crippen MR) is 115 cm³/mol. The Balaban J connectivity index is 1.48. The van der Waals surface area contributed by atoms with Gasteiger partial charge in [-0.05, 0) is 31.5 Å². The van der Waals surface area contributed by atoms with Crippen molar-refractivity contribution in [3.05, 3.63) is 76.0 Å². The Morgan fingerprint density at radius 2 is 1.79 bits per heavy atom. The largest absolute Gasteiger partial charge is 0.371 e. The van der Waals surface area contributed by atoms with E-state index in [0.29, 0.717) is 11.8 Å². The van der Waals surface area contributed by atoms with Crippen LogP contribution in [0.3, 0.4) is 0 Å². The molecule has 5 nitrogen and oxygen atoms in total. The minimum Gasteiger partial charge on any atom is -0.371 e. The number of nitrogens with zero attached hydrogens (tertiary/aromatic N) is 4. The summed E-state index contributed by atoms with van der Waals surface area (Å²) in [6.45, 7) is 6.63. The molecular weight excluding hydrogens is 380 g/mol. The zero-order valence-corrected chi connectivity index (χ0v) is 17.5.